The molecule has 0 saturated heterocycles. The molecule has 0 bridgehead atoms. The Labute approximate surface area is 165 Å². The molecule has 0 unspecified atom stereocenters. The molecule has 0 atom stereocenters. The van der Waals surface area contributed by atoms with E-state index in [1.165, 1.54) is 35.1 Å². The molecule has 24 heavy (non-hydrogen) atoms. The van der Waals surface area contributed by atoms with Gasteiger partial charge in [-0.3, -0.25) is 0 Å². The summed E-state index contributed by atoms with van der Waals surface area (Å²) in [7, 11) is 6.72. The summed E-state index contributed by atoms with van der Waals surface area (Å²) in [5, 5.41) is 1.26. The van der Waals surface area contributed by atoms with Crippen molar-refractivity contribution in [1.82, 2.24) is 4.98 Å². The number of aryl methyl sites for hydroxylation is 1. The number of nitrogens with zero attached hydrogens (tertiary/aromatic N) is 2. The van der Waals surface area contributed by atoms with Crippen LogP contribution in [0.4, 0.5) is 0 Å². The molecule has 3 rings (SSSR count). The second kappa shape index (κ2) is 8.79. The quantitative estimate of drug-likeness (QED) is 0.318. The van der Waals surface area contributed by atoms with E-state index in [1.54, 1.807) is 0 Å². The molecular formula is C19H25Br2N3. The van der Waals surface area contributed by atoms with Crippen LogP contribution in [0.5, 0.6) is 0 Å². The number of benzene rings is 1. The van der Waals surface area contributed by atoms with Gasteiger partial charge < -0.3 is 43.4 Å². The number of quaternary nitrogens is 1. The number of para-hydroxylation sites is 1. The smallest absolute Gasteiger partial charge is 0.169 e. The number of H-pyrrole nitrogens is 1. The summed E-state index contributed by atoms with van der Waals surface area (Å²) in [4.78, 5) is 3.48. The second-order valence-corrected chi connectivity index (χ2v) is 6.96. The Hall–Kier alpha value is -1.17. The van der Waals surface area contributed by atoms with Gasteiger partial charge in [0.15, 0.2) is 18.9 Å². The highest BCUT2D eigenvalue weighted by Crippen LogP contribution is 2.22. The molecule has 130 valence electrons. The predicted molar refractivity (Wildman–Crippen MR) is 91.4 cm³/mol. The van der Waals surface area contributed by atoms with E-state index in [-0.39, 0.29) is 34.0 Å². The average Bonchev–Trinajstić information content (AvgIpc) is 2.90. The first kappa shape index (κ1) is 20.9. The van der Waals surface area contributed by atoms with Crippen LogP contribution in [-0.4, -0.2) is 37.2 Å². The van der Waals surface area contributed by atoms with Crippen molar-refractivity contribution in [1.29, 1.82) is 0 Å². The minimum absolute atomic E-state index is 0. The minimum atomic E-state index is 0. The Morgan fingerprint density at radius 2 is 1.62 bits per heavy atom. The van der Waals surface area contributed by atoms with Gasteiger partial charge in [0, 0.05) is 34.3 Å². The van der Waals surface area contributed by atoms with Gasteiger partial charge in [-0.15, -0.1) is 0 Å². The zero-order chi connectivity index (χ0) is 15.6. The van der Waals surface area contributed by atoms with Crippen LogP contribution < -0.4 is 38.5 Å². The molecule has 2 heterocycles. The molecular weight excluding hydrogens is 430 g/mol. The number of hydrogen-bond donors (Lipinski definition) is 1. The number of aromatic nitrogens is 2. The van der Waals surface area contributed by atoms with E-state index in [1.807, 2.05) is 0 Å². The molecule has 1 N–H and O–H groups in total. The summed E-state index contributed by atoms with van der Waals surface area (Å²) in [6.07, 6.45) is 5.55. The number of pyridine rings is 1. The SMILES string of the molecule is C[N+](C)(C)CCC[n+]1ccc(-c2cc3ccccc3[nH]2)cc1.[Br-].[Br-]. The fraction of sp³-hybridized carbons (Fsp3) is 0.316. The zero-order valence-corrected chi connectivity index (χ0v) is 17.6. The summed E-state index contributed by atoms with van der Waals surface area (Å²) < 4.78 is 3.29. The molecule has 3 nitrogen and oxygen atoms in total. The molecule has 5 heteroatoms. The van der Waals surface area contributed by atoms with Crippen LogP contribution in [0.25, 0.3) is 22.2 Å². The number of fused-ring (bicyclic) bond motifs is 1. The van der Waals surface area contributed by atoms with Crippen LogP contribution in [0.2, 0.25) is 0 Å². The van der Waals surface area contributed by atoms with Crippen LogP contribution in [0.1, 0.15) is 6.42 Å². The van der Waals surface area contributed by atoms with Gasteiger partial charge in [-0.2, -0.15) is 0 Å². The lowest BCUT2D eigenvalue weighted by Gasteiger charge is -2.22. The number of aromatic amines is 1. The van der Waals surface area contributed by atoms with Gasteiger partial charge in [-0.1, -0.05) is 18.2 Å². The molecule has 0 spiro atoms. The van der Waals surface area contributed by atoms with E-state index in [2.05, 4.69) is 85.6 Å². The number of nitrogens with one attached hydrogen (secondary N) is 1. The fourth-order valence-electron chi connectivity index (χ4n) is 2.74. The molecule has 0 aliphatic heterocycles. The third-order valence-corrected chi connectivity index (χ3v) is 3.98. The van der Waals surface area contributed by atoms with Gasteiger partial charge in [-0.05, 0) is 12.1 Å². The maximum atomic E-state index is 3.48. The van der Waals surface area contributed by atoms with Gasteiger partial charge in [0.25, 0.3) is 0 Å². The Balaban J connectivity index is 0.00000144. The maximum absolute atomic E-state index is 3.48. The van der Waals surface area contributed by atoms with E-state index in [0.717, 1.165) is 11.0 Å². The van der Waals surface area contributed by atoms with E-state index >= 15 is 0 Å². The largest absolute Gasteiger partial charge is 1.00 e. The first-order valence-electron chi connectivity index (χ1n) is 7.89. The molecule has 0 aliphatic carbocycles. The van der Waals surface area contributed by atoms with Gasteiger partial charge in [-0.25, -0.2) is 4.57 Å². The zero-order valence-electron chi connectivity index (χ0n) is 14.5. The lowest BCUT2D eigenvalue weighted by molar-refractivity contribution is -0.873. The van der Waals surface area contributed by atoms with Crippen LogP contribution >= 0.6 is 0 Å². The van der Waals surface area contributed by atoms with Crippen molar-refractivity contribution in [3.05, 3.63) is 54.9 Å². The van der Waals surface area contributed by atoms with Crippen molar-refractivity contribution in [2.45, 2.75) is 13.0 Å². The first-order chi connectivity index (χ1) is 10.5. The molecule has 0 fully saturated rings. The average molecular weight is 455 g/mol. The van der Waals surface area contributed by atoms with Crippen molar-refractivity contribution in [2.24, 2.45) is 0 Å². The third kappa shape index (κ3) is 5.43. The van der Waals surface area contributed by atoms with E-state index in [0.29, 0.717) is 0 Å². The summed E-state index contributed by atoms with van der Waals surface area (Å²) in [6, 6.07) is 15.0. The molecule has 2 aromatic heterocycles. The third-order valence-electron chi connectivity index (χ3n) is 3.98. The highest BCUT2D eigenvalue weighted by molar-refractivity contribution is 5.85. The van der Waals surface area contributed by atoms with Gasteiger partial charge in [0.2, 0.25) is 0 Å². The van der Waals surface area contributed by atoms with Gasteiger partial charge in [0.1, 0.15) is 0 Å². The Bertz CT molecular complexity index is 725. The highest BCUT2D eigenvalue weighted by atomic mass is 79.9. The Morgan fingerprint density at radius 1 is 0.958 bits per heavy atom. The van der Waals surface area contributed by atoms with Crippen molar-refractivity contribution in [2.75, 3.05) is 27.7 Å². The summed E-state index contributed by atoms with van der Waals surface area (Å²) in [5.41, 5.74) is 3.61. The number of hydrogen-bond acceptors (Lipinski definition) is 0. The first-order valence-corrected chi connectivity index (χ1v) is 7.89. The van der Waals surface area contributed by atoms with Crippen LogP contribution in [0.3, 0.4) is 0 Å². The monoisotopic (exact) mass is 453 g/mol. The summed E-state index contributed by atoms with van der Waals surface area (Å²) in [6.45, 7) is 2.26. The van der Waals surface area contributed by atoms with Crippen LogP contribution in [0.15, 0.2) is 54.9 Å². The Morgan fingerprint density at radius 3 is 2.25 bits per heavy atom. The van der Waals surface area contributed by atoms with Gasteiger partial charge >= 0.3 is 0 Å². The molecule has 0 saturated carbocycles. The van der Waals surface area contributed by atoms with Crippen molar-refractivity contribution in [3.63, 3.8) is 0 Å². The predicted octanol–water partition coefficient (Wildman–Crippen LogP) is -2.77. The summed E-state index contributed by atoms with van der Waals surface area (Å²) >= 11 is 0. The fourth-order valence-corrected chi connectivity index (χ4v) is 2.74. The number of rotatable bonds is 5. The summed E-state index contributed by atoms with van der Waals surface area (Å²) in [5.74, 6) is 0. The topological polar surface area (TPSA) is 19.7 Å². The van der Waals surface area contributed by atoms with Gasteiger partial charge in [0.05, 0.1) is 34.1 Å². The molecule has 0 aliphatic rings. The maximum Gasteiger partial charge on any atom is 0.169 e. The lowest BCUT2D eigenvalue weighted by atomic mass is 10.2. The van der Waals surface area contributed by atoms with E-state index < -0.39 is 0 Å². The molecule has 0 amide bonds. The minimum Gasteiger partial charge on any atom is -1.00 e. The van der Waals surface area contributed by atoms with Crippen LogP contribution in [0, 0.1) is 0 Å². The number of halogens is 2. The van der Waals surface area contributed by atoms with Crippen molar-refractivity contribution >= 4 is 10.9 Å². The van der Waals surface area contributed by atoms with E-state index in [4.69, 9.17) is 0 Å². The van der Waals surface area contributed by atoms with E-state index in [9.17, 15) is 0 Å². The Kier molecular flexibility index (Phi) is 7.64. The van der Waals surface area contributed by atoms with Crippen molar-refractivity contribution in [3.8, 4) is 11.3 Å². The second-order valence-electron chi connectivity index (χ2n) is 6.96. The normalized spacial score (nSPS) is 11.0. The lowest BCUT2D eigenvalue weighted by Crippen LogP contribution is -3.00. The standard InChI is InChI=1S/C19H24N3.2BrH/c1-22(2,3)14-6-11-21-12-9-16(10-13-21)19-15-17-7-4-5-8-18(17)20-19;;/h4-5,7-10,12-13,15H,6,11,14H2,1-3H3;2*1H/q+1;;/p-1. The van der Waals surface area contributed by atoms with Crippen molar-refractivity contribution < 1.29 is 43.0 Å². The van der Waals surface area contributed by atoms with Crippen LogP contribution in [-0.2, 0) is 6.54 Å². The molecule has 0 radical (unpaired) electrons. The molecule has 1 aromatic carbocycles. The molecule has 3 aromatic rings. The highest BCUT2D eigenvalue weighted by Gasteiger charge is 2.09.